The van der Waals surface area contributed by atoms with Crippen LogP contribution in [-0.4, -0.2) is 5.11 Å². The van der Waals surface area contributed by atoms with Gasteiger partial charge in [-0.25, -0.2) is 0 Å². The van der Waals surface area contributed by atoms with Crippen LogP contribution in [0.1, 0.15) is 12.5 Å². The smallest absolute Gasteiger partial charge is 0.182 e. The van der Waals surface area contributed by atoms with Crippen LogP contribution < -0.4 is 16.6 Å². The first-order valence-electron chi connectivity index (χ1n) is 4.47. The van der Waals surface area contributed by atoms with Crippen LogP contribution >= 0.6 is 35.4 Å². The lowest BCUT2D eigenvalue weighted by Gasteiger charge is -2.13. The van der Waals surface area contributed by atoms with Crippen molar-refractivity contribution in [1.29, 1.82) is 0 Å². The Bertz CT molecular complexity index is 432. The second kappa shape index (κ2) is 5.94. The Kier molecular flexibility index (Phi) is 4.86. The molecule has 0 aliphatic rings. The highest BCUT2D eigenvalue weighted by molar-refractivity contribution is 7.80. The molecule has 0 spiro atoms. The number of nitrogens with one attached hydrogen (secondary N) is 2. The van der Waals surface area contributed by atoms with Crippen LogP contribution in [0.4, 0.5) is 0 Å². The van der Waals surface area contributed by atoms with E-state index in [-0.39, 0.29) is 5.11 Å². The first-order chi connectivity index (χ1) is 7.54. The molecule has 0 aliphatic heterocycles. The Hall–Kier alpha value is -0.970. The maximum Gasteiger partial charge on any atom is 0.182 e. The summed E-state index contributed by atoms with van der Waals surface area (Å²) in [5.74, 6) is 0. The van der Waals surface area contributed by atoms with Crippen molar-refractivity contribution < 1.29 is 0 Å². The van der Waals surface area contributed by atoms with Gasteiger partial charge in [0.15, 0.2) is 5.11 Å². The minimum atomic E-state index is 0.157. The molecular formula is C10H11Cl2N3S. The fraction of sp³-hybridized carbons (Fsp3) is 0.100. The largest absolute Gasteiger partial charge is 0.375 e. The van der Waals surface area contributed by atoms with Crippen LogP contribution in [0, 0.1) is 0 Å². The number of hydrogen-bond donors (Lipinski definition) is 3. The molecule has 6 heteroatoms. The van der Waals surface area contributed by atoms with Crippen molar-refractivity contribution in [3.8, 4) is 0 Å². The predicted molar refractivity (Wildman–Crippen MR) is 73.2 cm³/mol. The number of nitrogens with two attached hydrogens (primary N) is 1. The topological polar surface area (TPSA) is 50.1 Å². The summed E-state index contributed by atoms with van der Waals surface area (Å²) in [6.07, 6.45) is 1.85. The van der Waals surface area contributed by atoms with Gasteiger partial charge in [0.2, 0.25) is 0 Å². The number of rotatable bonds is 3. The third-order valence-corrected chi connectivity index (χ3v) is 2.48. The number of thiocarbonyl (C=S) groups is 1. The van der Waals surface area contributed by atoms with Crippen LogP contribution in [0.25, 0.3) is 5.70 Å². The van der Waals surface area contributed by atoms with E-state index in [0.29, 0.717) is 10.0 Å². The summed E-state index contributed by atoms with van der Waals surface area (Å²) >= 11 is 16.6. The lowest BCUT2D eigenvalue weighted by molar-refractivity contribution is 0.843. The van der Waals surface area contributed by atoms with Crippen molar-refractivity contribution in [2.45, 2.75) is 6.92 Å². The van der Waals surface area contributed by atoms with E-state index >= 15 is 0 Å². The number of hydrogen-bond acceptors (Lipinski definition) is 2. The number of allylic oxidation sites excluding steroid dienone is 1. The Labute approximate surface area is 110 Å². The lowest BCUT2D eigenvalue weighted by atomic mass is 10.1. The van der Waals surface area contributed by atoms with E-state index in [1.54, 1.807) is 12.1 Å². The van der Waals surface area contributed by atoms with Gasteiger partial charge in [-0.1, -0.05) is 29.3 Å². The molecule has 0 aromatic heterocycles. The molecule has 0 amide bonds. The monoisotopic (exact) mass is 275 g/mol. The Balaban J connectivity index is 2.92. The van der Waals surface area contributed by atoms with Crippen LogP contribution in [0.2, 0.25) is 10.0 Å². The summed E-state index contributed by atoms with van der Waals surface area (Å²) in [5.41, 5.74) is 12.4. The number of hydrazine groups is 1. The molecule has 1 aromatic rings. The zero-order valence-electron chi connectivity index (χ0n) is 8.55. The molecule has 0 aliphatic carbocycles. The van der Waals surface area contributed by atoms with Gasteiger partial charge in [0.25, 0.3) is 0 Å². The summed E-state index contributed by atoms with van der Waals surface area (Å²) in [6.45, 7) is 1.87. The molecule has 4 N–H and O–H groups in total. The van der Waals surface area contributed by atoms with Gasteiger partial charge in [0, 0.05) is 10.6 Å². The van der Waals surface area contributed by atoms with E-state index < -0.39 is 0 Å². The second-order valence-electron chi connectivity index (χ2n) is 2.94. The van der Waals surface area contributed by atoms with Crippen molar-refractivity contribution in [1.82, 2.24) is 10.9 Å². The molecule has 3 nitrogen and oxygen atoms in total. The molecule has 0 unspecified atom stereocenters. The Morgan fingerprint density at radius 3 is 2.56 bits per heavy atom. The van der Waals surface area contributed by atoms with E-state index in [1.807, 2.05) is 19.1 Å². The highest BCUT2D eigenvalue weighted by atomic mass is 35.5. The molecule has 0 bridgehead atoms. The van der Waals surface area contributed by atoms with Gasteiger partial charge in [-0.3, -0.25) is 10.9 Å². The van der Waals surface area contributed by atoms with E-state index in [2.05, 4.69) is 23.1 Å². The molecule has 1 rings (SSSR count). The molecule has 0 atom stereocenters. The van der Waals surface area contributed by atoms with Crippen molar-refractivity contribution >= 4 is 46.2 Å². The molecule has 0 heterocycles. The standard InChI is InChI=1S/C10H11Cl2N3S/c1-2-9(14-15-10(13)16)7-4-3-6(11)5-8(7)12/h2-5,14H,1H3,(H3,13,15,16). The fourth-order valence-corrected chi connectivity index (χ4v) is 1.69. The van der Waals surface area contributed by atoms with Crippen molar-refractivity contribution in [3.05, 3.63) is 39.9 Å². The number of halogens is 2. The second-order valence-corrected chi connectivity index (χ2v) is 4.22. The van der Waals surface area contributed by atoms with E-state index in [9.17, 15) is 0 Å². The molecule has 0 fully saturated rings. The SMILES string of the molecule is CC=C(NNC(N)=S)c1ccc(Cl)cc1Cl. The lowest BCUT2D eigenvalue weighted by Crippen LogP contribution is -2.39. The molecule has 0 radical (unpaired) electrons. The van der Waals surface area contributed by atoms with Gasteiger partial charge in [-0.2, -0.15) is 0 Å². The molecule has 1 aromatic carbocycles. The van der Waals surface area contributed by atoms with Gasteiger partial charge in [0.05, 0.1) is 10.7 Å². The Morgan fingerprint density at radius 2 is 2.06 bits per heavy atom. The first-order valence-corrected chi connectivity index (χ1v) is 5.64. The zero-order chi connectivity index (χ0) is 12.1. The predicted octanol–water partition coefficient (Wildman–Crippen LogP) is 2.69. The minimum absolute atomic E-state index is 0.157. The van der Waals surface area contributed by atoms with Gasteiger partial charge >= 0.3 is 0 Å². The first kappa shape index (κ1) is 13.1. The summed E-state index contributed by atoms with van der Waals surface area (Å²) < 4.78 is 0. The highest BCUT2D eigenvalue weighted by Gasteiger charge is 2.06. The maximum absolute atomic E-state index is 6.06. The average Bonchev–Trinajstić information content (AvgIpc) is 2.21. The minimum Gasteiger partial charge on any atom is -0.375 e. The third-order valence-electron chi connectivity index (χ3n) is 1.83. The fourth-order valence-electron chi connectivity index (χ4n) is 1.13. The maximum atomic E-state index is 6.06. The summed E-state index contributed by atoms with van der Waals surface area (Å²) in [6, 6.07) is 5.24. The third kappa shape index (κ3) is 3.56. The van der Waals surface area contributed by atoms with E-state index in [0.717, 1.165) is 11.3 Å². The van der Waals surface area contributed by atoms with Crippen LogP contribution in [0.5, 0.6) is 0 Å². The van der Waals surface area contributed by atoms with Crippen LogP contribution in [0.3, 0.4) is 0 Å². The molecule has 16 heavy (non-hydrogen) atoms. The van der Waals surface area contributed by atoms with Gasteiger partial charge in [-0.15, -0.1) is 0 Å². The zero-order valence-corrected chi connectivity index (χ0v) is 10.9. The van der Waals surface area contributed by atoms with E-state index in [1.165, 1.54) is 0 Å². The van der Waals surface area contributed by atoms with Gasteiger partial charge in [0.1, 0.15) is 0 Å². The molecular weight excluding hydrogens is 265 g/mol. The molecule has 0 saturated carbocycles. The Morgan fingerprint density at radius 1 is 1.38 bits per heavy atom. The van der Waals surface area contributed by atoms with Crippen molar-refractivity contribution in [2.24, 2.45) is 5.73 Å². The van der Waals surface area contributed by atoms with Gasteiger partial charge < -0.3 is 5.73 Å². The van der Waals surface area contributed by atoms with E-state index in [4.69, 9.17) is 28.9 Å². The molecule has 0 saturated heterocycles. The summed E-state index contributed by atoms with van der Waals surface area (Å²) in [7, 11) is 0. The highest BCUT2D eigenvalue weighted by Crippen LogP contribution is 2.25. The quantitative estimate of drug-likeness (QED) is 0.587. The average molecular weight is 276 g/mol. The van der Waals surface area contributed by atoms with Gasteiger partial charge in [-0.05, 0) is 37.3 Å². The van der Waals surface area contributed by atoms with Crippen LogP contribution in [-0.2, 0) is 0 Å². The van der Waals surface area contributed by atoms with Crippen LogP contribution in [0.15, 0.2) is 24.3 Å². The summed E-state index contributed by atoms with van der Waals surface area (Å²) in [4.78, 5) is 0. The number of benzene rings is 1. The normalized spacial score (nSPS) is 11.1. The molecule has 86 valence electrons. The van der Waals surface area contributed by atoms with Crippen molar-refractivity contribution in [3.63, 3.8) is 0 Å². The summed E-state index contributed by atoms with van der Waals surface area (Å²) in [5, 5.41) is 1.30. The van der Waals surface area contributed by atoms with Crippen molar-refractivity contribution in [2.75, 3.05) is 0 Å².